The van der Waals surface area contributed by atoms with E-state index in [2.05, 4.69) is 46.7 Å². The molecule has 7 nitrogen and oxygen atoms in total. The zero-order valence-corrected chi connectivity index (χ0v) is 21.6. The number of anilines is 1. The summed E-state index contributed by atoms with van der Waals surface area (Å²) < 4.78 is 16.5. The number of morpholine rings is 1. The molecule has 1 aliphatic rings. The van der Waals surface area contributed by atoms with Gasteiger partial charge in [0.25, 0.3) is 0 Å². The minimum atomic E-state index is 0. The zero-order chi connectivity index (χ0) is 21.9. The number of hydrogen-bond donors (Lipinski definition) is 2. The number of ether oxygens (including phenoxy) is 3. The third-order valence-corrected chi connectivity index (χ3v) is 4.99. The van der Waals surface area contributed by atoms with E-state index in [-0.39, 0.29) is 24.0 Å². The molecule has 2 aromatic rings. The number of nitrogens with zero attached hydrogens (tertiary/aromatic N) is 2. The summed E-state index contributed by atoms with van der Waals surface area (Å²) in [5.41, 5.74) is 3.39. The molecule has 0 radical (unpaired) electrons. The lowest BCUT2D eigenvalue weighted by Crippen LogP contribution is -2.35. The summed E-state index contributed by atoms with van der Waals surface area (Å²) in [6.07, 6.45) is 0. The van der Waals surface area contributed by atoms with E-state index in [9.17, 15) is 0 Å². The van der Waals surface area contributed by atoms with Gasteiger partial charge in [-0.3, -0.25) is 4.90 Å². The second kappa shape index (κ2) is 14.2. The second-order valence-electron chi connectivity index (χ2n) is 7.33. The molecule has 2 aromatic carbocycles. The van der Waals surface area contributed by atoms with Gasteiger partial charge in [0.15, 0.2) is 17.5 Å². The van der Waals surface area contributed by atoms with Crippen molar-refractivity contribution in [3.63, 3.8) is 0 Å². The highest BCUT2D eigenvalue weighted by Gasteiger charge is 2.11. The Balaban J connectivity index is 0.00000363. The van der Waals surface area contributed by atoms with Crippen LogP contribution in [0.25, 0.3) is 0 Å². The molecule has 32 heavy (non-hydrogen) atoms. The van der Waals surface area contributed by atoms with Crippen molar-refractivity contribution >= 4 is 35.6 Å². The zero-order valence-electron chi connectivity index (χ0n) is 19.2. The predicted octanol–water partition coefficient (Wildman–Crippen LogP) is 4.12. The van der Waals surface area contributed by atoms with Crippen LogP contribution in [0.4, 0.5) is 5.69 Å². The highest BCUT2D eigenvalue weighted by atomic mass is 127. The van der Waals surface area contributed by atoms with E-state index in [0.717, 1.165) is 56.8 Å². The maximum Gasteiger partial charge on any atom is 0.196 e. The van der Waals surface area contributed by atoms with E-state index in [1.165, 1.54) is 11.1 Å². The van der Waals surface area contributed by atoms with Crippen LogP contribution in [-0.4, -0.2) is 57.4 Å². The van der Waals surface area contributed by atoms with Crippen LogP contribution in [0.5, 0.6) is 11.5 Å². The number of hydrogen-bond acceptors (Lipinski definition) is 5. The normalized spacial score (nSPS) is 14.4. The largest absolute Gasteiger partial charge is 0.493 e. The van der Waals surface area contributed by atoms with Crippen LogP contribution < -0.4 is 20.1 Å². The van der Waals surface area contributed by atoms with E-state index < -0.39 is 0 Å². The first-order chi connectivity index (χ1) is 15.2. The summed E-state index contributed by atoms with van der Waals surface area (Å²) in [6, 6.07) is 14.4. The van der Waals surface area contributed by atoms with Crippen LogP contribution in [0, 0.1) is 0 Å². The lowest BCUT2D eigenvalue weighted by molar-refractivity contribution is 0.0342. The molecule has 1 saturated heterocycles. The summed E-state index contributed by atoms with van der Waals surface area (Å²) in [4.78, 5) is 7.20. The Kier molecular flexibility index (Phi) is 11.6. The van der Waals surface area contributed by atoms with Crippen LogP contribution in [0.15, 0.2) is 47.5 Å². The fraction of sp³-hybridized carbons (Fsp3) is 0.458. The molecule has 1 fully saturated rings. The number of nitrogens with one attached hydrogen (secondary N) is 2. The van der Waals surface area contributed by atoms with Crippen molar-refractivity contribution in [2.24, 2.45) is 4.99 Å². The molecule has 2 N–H and O–H groups in total. The first-order valence-corrected chi connectivity index (χ1v) is 11.0. The molecular formula is C24H35IN4O3. The highest BCUT2D eigenvalue weighted by molar-refractivity contribution is 14.0. The molecule has 0 aliphatic carbocycles. The van der Waals surface area contributed by atoms with Gasteiger partial charge in [-0.1, -0.05) is 24.3 Å². The van der Waals surface area contributed by atoms with E-state index in [0.29, 0.717) is 18.9 Å². The van der Waals surface area contributed by atoms with E-state index in [4.69, 9.17) is 19.2 Å². The van der Waals surface area contributed by atoms with Gasteiger partial charge in [-0.25, -0.2) is 4.99 Å². The Morgan fingerprint density at radius 2 is 1.84 bits per heavy atom. The molecule has 8 heteroatoms. The van der Waals surface area contributed by atoms with Gasteiger partial charge in [0, 0.05) is 37.9 Å². The van der Waals surface area contributed by atoms with Gasteiger partial charge in [0.2, 0.25) is 0 Å². The third kappa shape index (κ3) is 8.14. The Morgan fingerprint density at radius 3 is 2.56 bits per heavy atom. The standard InChI is InChI=1S/C24H34N4O3.HI/c1-4-25-24(27-21-9-10-22(31-5-2)23(16-21)29-3)26-17-19-7-6-8-20(15-19)18-28-11-13-30-14-12-28;/h6-10,15-16H,4-5,11-14,17-18H2,1-3H3,(H2,25,26,27);1H. The molecule has 0 unspecified atom stereocenters. The molecule has 3 rings (SSSR count). The average Bonchev–Trinajstić information content (AvgIpc) is 2.80. The number of halogens is 1. The summed E-state index contributed by atoms with van der Waals surface area (Å²) in [6.45, 7) is 10.5. The van der Waals surface area contributed by atoms with Crippen LogP contribution in [0.1, 0.15) is 25.0 Å². The van der Waals surface area contributed by atoms with Crippen LogP contribution in [0.2, 0.25) is 0 Å². The number of methoxy groups -OCH3 is 1. The summed E-state index contributed by atoms with van der Waals surface area (Å²) in [5.74, 6) is 2.15. The molecule has 1 heterocycles. The number of rotatable bonds is 9. The molecule has 1 aliphatic heterocycles. The quantitative estimate of drug-likeness (QED) is 0.276. The Labute approximate surface area is 208 Å². The number of aliphatic imine (C=N–C) groups is 1. The first kappa shape index (κ1) is 26.2. The van der Waals surface area contributed by atoms with Crippen molar-refractivity contribution in [2.45, 2.75) is 26.9 Å². The van der Waals surface area contributed by atoms with Crippen molar-refractivity contribution < 1.29 is 14.2 Å². The second-order valence-corrected chi connectivity index (χ2v) is 7.33. The Hall–Kier alpha value is -2.04. The van der Waals surface area contributed by atoms with Gasteiger partial charge in [0.05, 0.1) is 33.5 Å². The number of guanidine groups is 1. The van der Waals surface area contributed by atoms with Gasteiger partial charge < -0.3 is 24.8 Å². The summed E-state index contributed by atoms with van der Waals surface area (Å²) in [5, 5.41) is 6.66. The fourth-order valence-electron chi connectivity index (χ4n) is 3.48. The molecule has 0 bridgehead atoms. The van der Waals surface area contributed by atoms with E-state index in [1.54, 1.807) is 7.11 Å². The van der Waals surface area contributed by atoms with Crippen LogP contribution in [0.3, 0.4) is 0 Å². The van der Waals surface area contributed by atoms with Gasteiger partial charge in [-0.15, -0.1) is 24.0 Å². The monoisotopic (exact) mass is 554 g/mol. The highest BCUT2D eigenvalue weighted by Crippen LogP contribution is 2.30. The van der Waals surface area contributed by atoms with E-state index in [1.807, 2.05) is 25.1 Å². The fourth-order valence-corrected chi connectivity index (χ4v) is 3.48. The molecule has 0 saturated carbocycles. The minimum Gasteiger partial charge on any atom is -0.493 e. The molecular weight excluding hydrogens is 519 g/mol. The molecule has 176 valence electrons. The summed E-state index contributed by atoms with van der Waals surface area (Å²) >= 11 is 0. The topological polar surface area (TPSA) is 67.4 Å². The molecule has 0 aromatic heterocycles. The van der Waals surface area contributed by atoms with Gasteiger partial charge >= 0.3 is 0 Å². The average molecular weight is 554 g/mol. The Bertz CT molecular complexity index is 857. The smallest absolute Gasteiger partial charge is 0.196 e. The van der Waals surface area contributed by atoms with Crippen molar-refractivity contribution in [1.29, 1.82) is 0 Å². The summed E-state index contributed by atoms with van der Waals surface area (Å²) in [7, 11) is 1.64. The molecule has 0 amide bonds. The van der Waals surface area contributed by atoms with Crippen LogP contribution in [-0.2, 0) is 17.8 Å². The van der Waals surface area contributed by atoms with Crippen molar-refractivity contribution in [3.05, 3.63) is 53.6 Å². The van der Waals surface area contributed by atoms with Crippen molar-refractivity contribution in [2.75, 3.05) is 51.9 Å². The van der Waals surface area contributed by atoms with Gasteiger partial charge in [-0.2, -0.15) is 0 Å². The SMILES string of the molecule is CCNC(=NCc1cccc(CN2CCOCC2)c1)Nc1ccc(OCC)c(OC)c1.I. The molecule has 0 spiro atoms. The third-order valence-electron chi connectivity index (χ3n) is 4.99. The van der Waals surface area contributed by atoms with Crippen LogP contribution >= 0.6 is 24.0 Å². The predicted molar refractivity (Wildman–Crippen MR) is 141 cm³/mol. The van der Waals surface area contributed by atoms with E-state index >= 15 is 0 Å². The lowest BCUT2D eigenvalue weighted by Gasteiger charge is -2.26. The maximum absolute atomic E-state index is 5.60. The van der Waals surface area contributed by atoms with Crippen molar-refractivity contribution in [3.8, 4) is 11.5 Å². The first-order valence-electron chi connectivity index (χ1n) is 11.0. The minimum absolute atomic E-state index is 0. The Morgan fingerprint density at radius 1 is 1.06 bits per heavy atom. The maximum atomic E-state index is 5.60. The van der Waals surface area contributed by atoms with Gasteiger partial charge in [0.1, 0.15) is 0 Å². The lowest BCUT2D eigenvalue weighted by atomic mass is 10.1. The number of benzene rings is 2. The van der Waals surface area contributed by atoms with Crippen molar-refractivity contribution in [1.82, 2.24) is 10.2 Å². The van der Waals surface area contributed by atoms with Gasteiger partial charge in [-0.05, 0) is 37.1 Å². The molecule has 0 atom stereocenters.